The highest BCUT2D eigenvalue weighted by Gasteiger charge is 2.66. The van der Waals surface area contributed by atoms with Gasteiger partial charge in [-0.15, -0.1) is 11.8 Å². The minimum absolute atomic E-state index is 0.0103. The molecule has 1 saturated carbocycles. The Bertz CT molecular complexity index is 509. The van der Waals surface area contributed by atoms with Crippen molar-refractivity contribution in [3.05, 3.63) is 23.8 Å². The summed E-state index contributed by atoms with van der Waals surface area (Å²) in [5.41, 5.74) is 1.03. The molecule has 1 aliphatic carbocycles. The van der Waals surface area contributed by atoms with Crippen molar-refractivity contribution in [1.29, 1.82) is 0 Å². The molecule has 17 heavy (non-hydrogen) atoms. The van der Waals surface area contributed by atoms with Crippen LogP contribution in [0.1, 0.15) is 12.0 Å². The molecule has 1 saturated heterocycles. The number of Topliss-reactive ketones (excluding diaryl/α,β-unsaturated/α-hetero) is 1. The van der Waals surface area contributed by atoms with E-state index in [0.717, 1.165) is 23.5 Å². The van der Waals surface area contributed by atoms with Crippen LogP contribution in [0.4, 0.5) is 0 Å². The Hall–Kier alpha value is -1.16. The lowest BCUT2D eigenvalue weighted by Gasteiger charge is -2.23. The SMILES string of the molecule is O=C(Cc1ccc2c(c1)OCO2)C12CC1CS2. The van der Waals surface area contributed by atoms with E-state index in [-0.39, 0.29) is 11.5 Å². The topological polar surface area (TPSA) is 35.5 Å². The molecule has 0 amide bonds. The Morgan fingerprint density at radius 1 is 1.41 bits per heavy atom. The van der Waals surface area contributed by atoms with E-state index in [4.69, 9.17) is 9.47 Å². The molecule has 1 aromatic carbocycles. The average molecular weight is 248 g/mol. The van der Waals surface area contributed by atoms with E-state index in [0.29, 0.717) is 18.1 Å². The third-order valence-corrected chi connectivity index (χ3v) is 5.68. The number of ketones is 1. The number of carbonyl (C=O) groups is 1. The quantitative estimate of drug-likeness (QED) is 0.820. The van der Waals surface area contributed by atoms with E-state index in [1.165, 1.54) is 5.75 Å². The number of hydrogen-bond acceptors (Lipinski definition) is 4. The zero-order valence-corrected chi connectivity index (χ0v) is 10.1. The van der Waals surface area contributed by atoms with Crippen molar-refractivity contribution in [1.82, 2.24) is 0 Å². The Balaban J connectivity index is 1.54. The van der Waals surface area contributed by atoms with Gasteiger partial charge in [0.15, 0.2) is 17.3 Å². The average Bonchev–Trinajstić information content (AvgIpc) is 2.70. The van der Waals surface area contributed by atoms with Crippen LogP contribution in [0, 0.1) is 5.92 Å². The fourth-order valence-electron chi connectivity index (χ4n) is 2.64. The van der Waals surface area contributed by atoms with Gasteiger partial charge in [-0.25, -0.2) is 0 Å². The second-order valence-electron chi connectivity index (χ2n) is 4.89. The van der Waals surface area contributed by atoms with Gasteiger partial charge in [-0.2, -0.15) is 0 Å². The van der Waals surface area contributed by atoms with E-state index in [2.05, 4.69) is 0 Å². The first-order valence-electron chi connectivity index (χ1n) is 5.84. The molecule has 0 aromatic heterocycles. The monoisotopic (exact) mass is 248 g/mol. The molecule has 4 heteroatoms. The Kier molecular flexibility index (Phi) is 1.85. The lowest BCUT2D eigenvalue weighted by Crippen LogP contribution is -2.30. The summed E-state index contributed by atoms with van der Waals surface area (Å²) in [7, 11) is 0. The predicted molar refractivity (Wildman–Crippen MR) is 64.6 cm³/mol. The molecule has 2 fully saturated rings. The van der Waals surface area contributed by atoms with Crippen LogP contribution in [0.5, 0.6) is 11.5 Å². The minimum Gasteiger partial charge on any atom is -0.454 e. The molecule has 0 bridgehead atoms. The third kappa shape index (κ3) is 1.33. The molecule has 0 radical (unpaired) electrons. The van der Waals surface area contributed by atoms with Gasteiger partial charge in [0, 0.05) is 6.42 Å². The maximum Gasteiger partial charge on any atom is 0.231 e. The molecular formula is C13H12O3S. The van der Waals surface area contributed by atoms with Gasteiger partial charge in [0.2, 0.25) is 6.79 Å². The van der Waals surface area contributed by atoms with E-state index in [1.54, 1.807) is 0 Å². The van der Waals surface area contributed by atoms with E-state index in [1.807, 2.05) is 30.0 Å². The Labute approximate surface area is 103 Å². The number of benzene rings is 1. The number of hydrogen-bond donors (Lipinski definition) is 0. The normalized spacial score (nSPS) is 31.6. The summed E-state index contributed by atoms with van der Waals surface area (Å²) >= 11 is 1.83. The molecule has 2 aliphatic heterocycles. The molecular weight excluding hydrogens is 236 g/mol. The van der Waals surface area contributed by atoms with Gasteiger partial charge in [0.05, 0.1) is 4.75 Å². The first kappa shape index (κ1) is 9.83. The molecule has 0 spiro atoms. The van der Waals surface area contributed by atoms with Crippen LogP contribution in [-0.4, -0.2) is 23.1 Å². The first-order chi connectivity index (χ1) is 8.28. The maximum absolute atomic E-state index is 12.2. The van der Waals surface area contributed by atoms with Crippen LogP contribution in [0.2, 0.25) is 0 Å². The maximum atomic E-state index is 12.2. The summed E-state index contributed by atoms with van der Waals surface area (Å²) in [6.07, 6.45) is 1.63. The molecule has 2 atom stereocenters. The van der Waals surface area contributed by atoms with Crippen molar-refractivity contribution in [2.24, 2.45) is 5.92 Å². The van der Waals surface area contributed by atoms with Gasteiger partial charge in [0.25, 0.3) is 0 Å². The van der Waals surface area contributed by atoms with E-state index < -0.39 is 0 Å². The number of carbonyl (C=O) groups excluding carboxylic acids is 1. The van der Waals surface area contributed by atoms with Crippen LogP contribution in [0.25, 0.3) is 0 Å². The van der Waals surface area contributed by atoms with Crippen molar-refractivity contribution >= 4 is 17.5 Å². The second kappa shape index (κ2) is 3.19. The van der Waals surface area contributed by atoms with Crippen LogP contribution in [0.3, 0.4) is 0 Å². The van der Waals surface area contributed by atoms with Crippen LogP contribution >= 0.6 is 11.8 Å². The molecule has 1 aromatic rings. The largest absolute Gasteiger partial charge is 0.454 e. The van der Waals surface area contributed by atoms with Crippen molar-refractivity contribution in [3.63, 3.8) is 0 Å². The van der Waals surface area contributed by atoms with Gasteiger partial charge in [-0.1, -0.05) is 6.07 Å². The van der Waals surface area contributed by atoms with Crippen LogP contribution < -0.4 is 9.47 Å². The predicted octanol–water partition coefficient (Wildman–Crippen LogP) is 2.03. The van der Waals surface area contributed by atoms with Gasteiger partial charge in [0.1, 0.15) is 0 Å². The van der Waals surface area contributed by atoms with Gasteiger partial charge in [-0.3, -0.25) is 4.79 Å². The number of fused-ring (bicyclic) bond motifs is 2. The smallest absolute Gasteiger partial charge is 0.231 e. The zero-order valence-electron chi connectivity index (χ0n) is 9.27. The summed E-state index contributed by atoms with van der Waals surface area (Å²) in [5.74, 6) is 3.78. The zero-order chi connectivity index (χ0) is 11.5. The summed E-state index contributed by atoms with van der Waals surface area (Å²) in [4.78, 5) is 12.2. The second-order valence-corrected chi connectivity index (χ2v) is 6.24. The van der Waals surface area contributed by atoms with Crippen molar-refractivity contribution in [2.75, 3.05) is 12.5 Å². The Morgan fingerprint density at radius 3 is 3.00 bits per heavy atom. The highest BCUT2D eigenvalue weighted by molar-refractivity contribution is 8.03. The molecule has 3 aliphatic rings. The van der Waals surface area contributed by atoms with Crippen LogP contribution in [0.15, 0.2) is 18.2 Å². The molecule has 2 heterocycles. The number of thioether (sulfide) groups is 1. The Morgan fingerprint density at radius 2 is 2.29 bits per heavy atom. The first-order valence-corrected chi connectivity index (χ1v) is 6.82. The van der Waals surface area contributed by atoms with Gasteiger partial charge < -0.3 is 9.47 Å². The fraction of sp³-hybridized carbons (Fsp3) is 0.462. The standard InChI is InChI=1S/C13H12O3S/c14-12(13-5-9(13)6-17-13)4-8-1-2-10-11(3-8)16-7-15-10/h1-3,9H,4-7H2. The van der Waals surface area contributed by atoms with Gasteiger partial charge >= 0.3 is 0 Å². The highest BCUT2D eigenvalue weighted by Crippen LogP contribution is 2.66. The number of ether oxygens (including phenoxy) is 2. The summed E-state index contributed by atoms with van der Waals surface area (Å²) < 4.78 is 10.6. The molecule has 3 nitrogen and oxygen atoms in total. The third-order valence-electron chi connectivity index (χ3n) is 3.86. The van der Waals surface area contributed by atoms with Crippen LogP contribution in [-0.2, 0) is 11.2 Å². The lowest BCUT2D eigenvalue weighted by atomic mass is 10.0. The van der Waals surface area contributed by atoms with E-state index in [9.17, 15) is 4.79 Å². The molecule has 0 N–H and O–H groups in total. The lowest BCUT2D eigenvalue weighted by molar-refractivity contribution is -0.119. The summed E-state index contributed by atoms with van der Waals surface area (Å²) in [6.45, 7) is 0.286. The van der Waals surface area contributed by atoms with Gasteiger partial charge in [-0.05, 0) is 35.8 Å². The molecule has 2 unspecified atom stereocenters. The summed E-state index contributed by atoms with van der Waals surface area (Å²) in [5, 5.41) is 0. The fourth-order valence-corrected chi connectivity index (χ4v) is 4.11. The molecule has 88 valence electrons. The minimum atomic E-state index is 0.0103. The van der Waals surface area contributed by atoms with Crippen molar-refractivity contribution in [3.8, 4) is 11.5 Å². The van der Waals surface area contributed by atoms with E-state index >= 15 is 0 Å². The van der Waals surface area contributed by atoms with Crippen molar-refractivity contribution in [2.45, 2.75) is 17.6 Å². The number of rotatable bonds is 3. The van der Waals surface area contributed by atoms with Crippen molar-refractivity contribution < 1.29 is 14.3 Å². The molecule has 4 rings (SSSR count). The highest BCUT2D eigenvalue weighted by atomic mass is 32.2. The summed E-state index contributed by atoms with van der Waals surface area (Å²) in [6, 6.07) is 5.78.